The molecule has 3 amide bonds. The van der Waals surface area contributed by atoms with Gasteiger partial charge in [-0.15, -0.1) is 0 Å². The molecule has 1 aliphatic carbocycles. The lowest BCUT2D eigenvalue weighted by Gasteiger charge is -2.36. The number of methoxy groups -OCH3 is 1. The second-order valence-corrected chi connectivity index (χ2v) is 9.96. The maximum absolute atomic E-state index is 13.4. The van der Waals surface area contributed by atoms with Gasteiger partial charge in [-0.05, 0) is 63.6 Å². The van der Waals surface area contributed by atoms with Gasteiger partial charge in [-0.25, -0.2) is 4.79 Å². The van der Waals surface area contributed by atoms with Crippen molar-refractivity contribution in [1.82, 2.24) is 15.1 Å². The molecule has 0 saturated heterocycles. The molecule has 0 spiro atoms. The number of hydrogen-bond acceptors (Lipinski definition) is 5. The van der Waals surface area contributed by atoms with E-state index in [0.717, 1.165) is 19.0 Å². The number of anilines is 1. The average Bonchev–Trinajstić information content (AvgIpc) is 3.57. The Balaban J connectivity index is 1.88. The van der Waals surface area contributed by atoms with E-state index in [2.05, 4.69) is 29.4 Å². The van der Waals surface area contributed by atoms with Crippen molar-refractivity contribution < 1.29 is 19.1 Å². The predicted molar refractivity (Wildman–Crippen MR) is 130 cm³/mol. The first-order valence-electron chi connectivity index (χ1n) is 12.0. The Hall–Kier alpha value is -2.32. The lowest BCUT2D eigenvalue weighted by Crippen LogP contribution is -2.47. The van der Waals surface area contributed by atoms with Crippen LogP contribution in [0, 0.1) is 11.8 Å². The predicted octanol–water partition coefficient (Wildman–Crippen LogP) is 3.43. The maximum atomic E-state index is 13.4. The molecule has 8 heteroatoms. The zero-order chi connectivity index (χ0) is 24.1. The third kappa shape index (κ3) is 7.08. The number of rotatable bonds is 5. The SMILES string of the molecule is CO[C@H]1CN(C)C(=O)c2cc(NC(=O)NC(C)C)ccc2OC[C@@H](C)N(CC2CC2)C[C@@H]1C. The average molecular weight is 461 g/mol. The Morgan fingerprint density at radius 1 is 1.24 bits per heavy atom. The second-order valence-electron chi connectivity index (χ2n) is 9.96. The third-order valence-corrected chi connectivity index (χ3v) is 6.44. The molecule has 0 unspecified atom stereocenters. The first-order valence-corrected chi connectivity index (χ1v) is 12.0. The summed E-state index contributed by atoms with van der Waals surface area (Å²) in [6.07, 6.45) is 2.52. The molecule has 0 radical (unpaired) electrons. The van der Waals surface area contributed by atoms with Crippen molar-refractivity contribution in [1.29, 1.82) is 0 Å². The van der Waals surface area contributed by atoms with Crippen molar-refractivity contribution in [2.45, 2.75) is 58.7 Å². The Kier molecular flexibility index (Phi) is 8.59. The van der Waals surface area contributed by atoms with Crippen LogP contribution in [0.4, 0.5) is 10.5 Å². The van der Waals surface area contributed by atoms with E-state index in [1.807, 2.05) is 13.8 Å². The Morgan fingerprint density at radius 3 is 2.61 bits per heavy atom. The number of urea groups is 1. The molecule has 184 valence electrons. The minimum Gasteiger partial charge on any atom is -0.491 e. The lowest BCUT2D eigenvalue weighted by molar-refractivity contribution is 0.00994. The van der Waals surface area contributed by atoms with Gasteiger partial charge >= 0.3 is 6.03 Å². The Morgan fingerprint density at radius 2 is 1.97 bits per heavy atom. The zero-order valence-corrected chi connectivity index (χ0v) is 20.9. The highest BCUT2D eigenvalue weighted by atomic mass is 16.5. The van der Waals surface area contributed by atoms with Gasteiger partial charge in [0.2, 0.25) is 0 Å². The molecule has 3 atom stereocenters. The van der Waals surface area contributed by atoms with Crippen LogP contribution in [-0.4, -0.2) is 80.3 Å². The number of nitrogens with zero attached hydrogens (tertiary/aromatic N) is 2. The quantitative estimate of drug-likeness (QED) is 0.703. The van der Waals surface area contributed by atoms with Crippen molar-refractivity contribution in [3.8, 4) is 5.75 Å². The van der Waals surface area contributed by atoms with Gasteiger partial charge in [0.1, 0.15) is 12.4 Å². The number of hydrogen-bond donors (Lipinski definition) is 2. The summed E-state index contributed by atoms with van der Waals surface area (Å²) in [6.45, 7) is 11.1. The summed E-state index contributed by atoms with van der Waals surface area (Å²) in [4.78, 5) is 29.7. The van der Waals surface area contributed by atoms with E-state index >= 15 is 0 Å². The summed E-state index contributed by atoms with van der Waals surface area (Å²) in [5.74, 6) is 1.41. The van der Waals surface area contributed by atoms with Gasteiger partial charge in [-0.1, -0.05) is 6.92 Å². The lowest BCUT2D eigenvalue weighted by atomic mass is 10.0. The largest absolute Gasteiger partial charge is 0.491 e. The molecule has 1 aromatic rings. The first-order chi connectivity index (χ1) is 15.7. The molecule has 1 heterocycles. The summed E-state index contributed by atoms with van der Waals surface area (Å²) >= 11 is 0. The molecule has 1 aliphatic heterocycles. The van der Waals surface area contributed by atoms with Gasteiger partial charge in [0.25, 0.3) is 5.91 Å². The van der Waals surface area contributed by atoms with Gasteiger partial charge in [0, 0.05) is 51.6 Å². The van der Waals surface area contributed by atoms with Crippen LogP contribution in [0.5, 0.6) is 5.75 Å². The summed E-state index contributed by atoms with van der Waals surface area (Å²) in [5, 5.41) is 5.61. The molecule has 0 aromatic heterocycles. The van der Waals surface area contributed by atoms with E-state index in [-0.39, 0.29) is 36.0 Å². The number of likely N-dealkylation sites (N-methyl/N-ethyl adjacent to an activating group) is 1. The van der Waals surface area contributed by atoms with Crippen LogP contribution >= 0.6 is 0 Å². The van der Waals surface area contributed by atoms with Gasteiger partial charge in [-0.3, -0.25) is 9.69 Å². The van der Waals surface area contributed by atoms with Crippen molar-refractivity contribution in [2.75, 3.05) is 45.7 Å². The van der Waals surface area contributed by atoms with E-state index in [4.69, 9.17) is 9.47 Å². The summed E-state index contributed by atoms with van der Waals surface area (Å²) in [6, 6.07) is 5.14. The highest BCUT2D eigenvalue weighted by Gasteiger charge is 2.31. The number of carbonyl (C=O) groups is 2. The summed E-state index contributed by atoms with van der Waals surface area (Å²) in [7, 11) is 3.50. The smallest absolute Gasteiger partial charge is 0.319 e. The Labute approximate surface area is 198 Å². The molecule has 2 N–H and O–H groups in total. The molecule has 8 nitrogen and oxygen atoms in total. The zero-order valence-electron chi connectivity index (χ0n) is 20.9. The molecule has 3 rings (SSSR count). The monoisotopic (exact) mass is 460 g/mol. The number of nitrogens with one attached hydrogen (secondary N) is 2. The van der Waals surface area contributed by atoms with E-state index in [9.17, 15) is 9.59 Å². The van der Waals surface area contributed by atoms with Gasteiger partial charge < -0.3 is 25.0 Å². The molecular weight excluding hydrogens is 420 g/mol. The highest BCUT2D eigenvalue weighted by molar-refractivity contribution is 5.99. The van der Waals surface area contributed by atoms with Crippen molar-refractivity contribution >= 4 is 17.6 Å². The minimum absolute atomic E-state index is 0.0124. The van der Waals surface area contributed by atoms with Crippen LogP contribution in [0.15, 0.2) is 18.2 Å². The standard InChI is InChI=1S/C25H40N4O4/c1-16(2)26-25(31)27-20-9-10-22-21(11-20)24(30)28(5)14-23(32-6)17(3)12-29(13-19-7-8-19)18(4)15-33-22/h9-11,16-19,23H,7-8,12-15H2,1-6H3,(H2,26,27,31)/t17-,18+,23-/m0/s1. The van der Waals surface area contributed by atoms with Crippen LogP contribution < -0.4 is 15.4 Å². The minimum atomic E-state index is -0.308. The number of benzene rings is 1. The normalized spacial score (nSPS) is 25.0. The molecule has 2 aliphatic rings. The number of carbonyl (C=O) groups excluding carboxylic acids is 2. The maximum Gasteiger partial charge on any atom is 0.319 e. The first kappa shape index (κ1) is 25.3. The molecule has 1 saturated carbocycles. The van der Waals surface area contributed by atoms with Gasteiger partial charge in [-0.2, -0.15) is 0 Å². The van der Waals surface area contributed by atoms with Crippen molar-refractivity contribution in [3.05, 3.63) is 23.8 Å². The molecule has 33 heavy (non-hydrogen) atoms. The fourth-order valence-electron chi connectivity index (χ4n) is 4.25. The number of amides is 3. The Bertz CT molecular complexity index is 827. The van der Waals surface area contributed by atoms with Crippen LogP contribution in [0.25, 0.3) is 0 Å². The molecule has 0 bridgehead atoms. The number of fused-ring (bicyclic) bond motifs is 1. The van der Waals surface area contributed by atoms with Gasteiger partial charge in [0.05, 0.1) is 11.7 Å². The van der Waals surface area contributed by atoms with E-state index in [0.29, 0.717) is 30.2 Å². The van der Waals surface area contributed by atoms with E-state index in [1.165, 1.54) is 12.8 Å². The highest BCUT2D eigenvalue weighted by Crippen LogP contribution is 2.31. The summed E-state index contributed by atoms with van der Waals surface area (Å²) < 4.78 is 12.0. The fraction of sp³-hybridized carbons (Fsp3) is 0.680. The fourth-order valence-corrected chi connectivity index (χ4v) is 4.25. The van der Waals surface area contributed by atoms with Crippen molar-refractivity contribution in [2.24, 2.45) is 11.8 Å². The molecular formula is C25H40N4O4. The molecule has 1 aromatic carbocycles. The van der Waals surface area contributed by atoms with E-state index in [1.54, 1.807) is 37.3 Å². The third-order valence-electron chi connectivity index (χ3n) is 6.44. The second kappa shape index (κ2) is 11.2. The number of ether oxygens (including phenoxy) is 2. The van der Waals surface area contributed by atoms with Gasteiger partial charge in [0.15, 0.2) is 0 Å². The topological polar surface area (TPSA) is 83.1 Å². The van der Waals surface area contributed by atoms with Crippen molar-refractivity contribution in [3.63, 3.8) is 0 Å². The van der Waals surface area contributed by atoms with Crippen LogP contribution in [0.3, 0.4) is 0 Å². The molecule has 1 fully saturated rings. The van der Waals surface area contributed by atoms with E-state index < -0.39 is 0 Å². The van der Waals surface area contributed by atoms with Crippen LogP contribution in [0.1, 0.15) is 50.9 Å². The summed E-state index contributed by atoms with van der Waals surface area (Å²) in [5.41, 5.74) is 0.980. The van der Waals surface area contributed by atoms with Crippen LogP contribution in [0.2, 0.25) is 0 Å². The van der Waals surface area contributed by atoms with Crippen LogP contribution in [-0.2, 0) is 4.74 Å².